The van der Waals surface area contributed by atoms with E-state index in [0.717, 1.165) is 44.7 Å². The Kier molecular flexibility index (Phi) is 3.54. The van der Waals surface area contributed by atoms with Crippen LogP contribution in [0.5, 0.6) is 5.75 Å². The Labute approximate surface area is 173 Å². The van der Waals surface area contributed by atoms with Gasteiger partial charge in [-0.1, -0.05) is 66.8 Å². The lowest BCUT2D eigenvalue weighted by molar-refractivity contribution is 0.479. The summed E-state index contributed by atoms with van der Waals surface area (Å²) in [5.41, 5.74) is 5.58. The number of anilines is 1. The highest BCUT2D eigenvalue weighted by atomic mass is 16.3. The smallest absolute Gasteiger partial charge is 0.143 e. The number of nitrogens with one attached hydrogen (secondary N) is 1. The van der Waals surface area contributed by atoms with Crippen LogP contribution in [0.1, 0.15) is 16.7 Å². The maximum absolute atomic E-state index is 11.3. The summed E-state index contributed by atoms with van der Waals surface area (Å²) in [5, 5.41) is 27.6. The van der Waals surface area contributed by atoms with Gasteiger partial charge in [-0.3, -0.25) is 0 Å². The molecule has 0 radical (unpaired) electrons. The summed E-state index contributed by atoms with van der Waals surface area (Å²) in [5.74, 6) is 0.0934. The van der Waals surface area contributed by atoms with Gasteiger partial charge in [-0.2, -0.15) is 5.26 Å². The molecule has 3 aromatic rings. The largest absolute Gasteiger partial charge is 0.506 e. The highest BCUT2D eigenvalue weighted by Crippen LogP contribution is 2.38. The number of fused-ring (bicyclic) bond motifs is 6. The van der Waals surface area contributed by atoms with Crippen molar-refractivity contribution >= 4 is 28.2 Å². The Morgan fingerprint density at radius 3 is 2.87 bits per heavy atom. The predicted octanol–water partition coefficient (Wildman–Crippen LogP) is 3.23. The third-order valence-corrected chi connectivity index (χ3v) is 6.24. The van der Waals surface area contributed by atoms with Gasteiger partial charge in [0.2, 0.25) is 0 Å². The van der Waals surface area contributed by atoms with E-state index >= 15 is 0 Å². The summed E-state index contributed by atoms with van der Waals surface area (Å²) in [6.07, 6.45) is 15.1. The second-order valence-electron chi connectivity index (χ2n) is 7.86. The van der Waals surface area contributed by atoms with E-state index in [9.17, 15) is 10.4 Å². The molecular weight excluding hydrogens is 370 g/mol. The molecule has 2 N–H and O–H groups in total. The molecule has 2 heterocycles. The average Bonchev–Trinajstić information content (AvgIpc) is 3.32. The minimum Gasteiger partial charge on any atom is -0.506 e. The van der Waals surface area contributed by atoms with Crippen LogP contribution in [0.3, 0.4) is 0 Å². The van der Waals surface area contributed by atoms with Crippen molar-refractivity contribution < 1.29 is 5.11 Å². The lowest BCUT2D eigenvalue weighted by Gasteiger charge is -2.14. The van der Waals surface area contributed by atoms with Gasteiger partial charge in [-0.15, -0.1) is 0 Å². The first kappa shape index (κ1) is 16.9. The Bertz CT molecular complexity index is 1480. The number of phenols is 1. The molecule has 0 fully saturated rings. The van der Waals surface area contributed by atoms with Crippen molar-refractivity contribution in [3.05, 3.63) is 94.0 Å². The molecule has 0 bridgehead atoms. The van der Waals surface area contributed by atoms with Gasteiger partial charge in [0.25, 0.3) is 0 Å². The Morgan fingerprint density at radius 1 is 1.17 bits per heavy atom. The van der Waals surface area contributed by atoms with Crippen LogP contribution in [0.2, 0.25) is 0 Å². The Hall–Kier alpha value is -3.97. The summed E-state index contributed by atoms with van der Waals surface area (Å²) >= 11 is 0. The molecule has 1 atom stereocenters. The Morgan fingerprint density at radius 2 is 2.03 bits per heavy atom. The topological polar surface area (TPSA) is 61.0 Å². The zero-order valence-corrected chi connectivity index (χ0v) is 16.3. The van der Waals surface area contributed by atoms with E-state index in [2.05, 4.69) is 52.4 Å². The number of benzene rings is 2. The summed E-state index contributed by atoms with van der Waals surface area (Å²) in [6.45, 7) is 0.697. The molecule has 2 aliphatic carbocycles. The summed E-state index contributed by atoms with van der Waals surface area (Å²) in [6, 6.07) is 12.6. The monoisotopic (exact) mass is 389 g/mol. The van der Waals surface area contributed by atoms with Crippen LogP contribution in [-0.2, 0) is 13.0 Å². The van der Waals surface area contributed by atoms with Crippen LogP contribution in [0.25, 0.3) is 22.6 Å². The van der Waals surface area contributed by atoms with Crippen LogP contribution < -0.4 is 15.9 Å². The lowest BCUT2D eigenvalue weighted by atomic mass is 9.97. The number of aromatic nitrogens is 1. The van der Waals surface area contributed by atoms with Crippen molar-refractivity contribution in [3.63, 3.8) is 0 Å². The number of phenolic OH excluding ortho intramolecular Hbond substituents is 1. The van der Waals surface area contributed by atoms with Gasteiger partial charge in [0.05, 0.1) is 17.2 Å². The van der Waals surface area contributed by atoms with Crippen LogP contribution in [0.4, 0.5) is 5.69 Å². The second kappa shape index (κ2) is 6.27. The number of nitrogens with zero attached hydrogens (tertiary/aromatic N) is 2. The molecule has 144 valence electrons. The van der Waals surface area contributed by atoms with E-state index in [0.29, 0.717) is 12.1 Å². The maximum Gasteiger partial charge on any atom is 0.143 e. The Balaban J connectivity index is 1.78. The first-order valence-electron chi connectivity index (χ1n) is 10.1. The van der Waals surface area contributed by atoms with Gasteiger partial charge < -0.3 is 15.0 Å². The van der Waals surface area contributed by atoms with Gasteiger partial charge >= 0.3 is 0 Å². The number of hydrogen-bond acceptors (Lipinski definition) is 3. The SMILES string of the molecule is N#Cc1c(O)c2c3c(n(Cc4ccccc4)c2c2c1=C1C=CC=CC1N2)=CC=CC3. The van der Waals surface area contributed by atoms with Crippen molar-refractivity contribution in [2.75, 3.05) is 5.32 Å². The van der Waals surface area contributed by atoms with E-state index in [1.807, 2.05) is 36.4 Å². The molecule has 0 amide bonds. The molecule has 1 aliphatic heterocycles. The predicted molar refractivity (Wildman–Crippen MR) is 120 cm³/mol. The quantitative estimate of drug-likeness (QED) is 0.662. The van der Waals surface area contributed by atoms with Gasteiger partial charge in [-0.25, -0.2) is 0 Å². The van der Waals surface area contributed by atoms with Crippen LogP contribution in [0, 0.1) is 11.3 Å². The fraction of sp³-hybridized carbons (Fsp3) is 0.115. The molecule has 4 heteroatoms. The average molecular weight is 389 g/mol. The number of aromatic hydroxyl groups is 1. The van der Waals surface area contributed by atoms with Gasteiger partial charge in [0, 0.05) is 22.5 Å². The molecule has 6 rings (SSSR count). The van der Waals surface area contributed by atoms with Gasteiger partial charge in [-0.05, 0) is 29.2 Å². The lowest BCUT2D eigenvalue weighted by Crippen LogP contribution is -2.21. The second-order valence-corrected chi connectivity index (χ2v) is 7.86. The van der Waals surface area contributed by atoms with Crippen LogP contribution in [-0.4, -0.2) is 15.7 Å². The van der Waals surface area contributed by atoms with Crippen molar-refractivity contribution in [1.29, 1.82) is 5.26 Å². The van der Waals surface area contributed by atoms with Gasteiger partial charge in [0.1, 0.15) is 17.4 Å². The highest BCUT2D eigenvalue weighted by Gasteiger charge is 2.30. The third-order valence-electron chi connectivity index (χ3n) is 6.24. The standard InChI is InChI=1S/C26H19N3O/c27-14-19-22-17-10-4-6-12-20(17)28-24(22)25-23(26(19)30)18-11-5-7-13-21(18)29(25)15-16-8-2-1-3-9-16/h1-10,12-13,20,28,30H,11,15H2. The molecule has 2 aromatic carbocycles. The highest BCUT2D eigenvalue weighted by molar-refractivity contribution is 6.04. The molecule has 3 aliphatic rings. The van der Waals surface area contributed by atoms with Crippen molar-refractivity contribution in [3.8, 4) is 11.8 Å². The maximum atomic E-state index is 11.3. The molecule has 0 saturated heterocycles. The molecule has 1 aromatic heterocycles. The minimum atomic E-state index is 0.0151. The summed E-state index contributed by atoms with van der Waals surface area (Å²) in [7, 11) is 0. The summed E-state index contributed by atoms with van der Waals surface area (Å²) in [4.78, 5) is 0. The van der Waals surface area contributed by atoms with E-state index < -0.39 is 0 Å². The fourth-order valence-electron chi connectivity index (χ4n) is 4.96. The normalized spacial score (nSPS) is 17.8. The molecule has 30 heavy (non-hydrogen) atoms. The number of rotatable bonds is 2. The third kappa shape index (κ3) is 2.20. The molecule has 4 nitrogen and oxygen atoms in total. The zero-order chi connectivity index (χ0) is 20.2. The molecular formula is C26H19N3O. The van der Waals surface area contributed by atoms with E-state index in [-0.39, 0.29) is 11.8 Å². The number of allylic oxidation sites excluding steroid dienone is 4. The van der Waals surface area contributed by atoms with E-state index in [1.54, 1.807) is 0 Å². The molecule has 1 unspecified atom stereocenters. The first-order valence-corrected chi connectivity index (χ1v) is 10.1. The number of nitriles is 1. The first-order chi connectivity index (χ1) is 14.8. The van der Waals surface area contributed by atoms with E-state index in [1.165, 1.54) is 5.56 Å². The van der Waals surface area contributed by atoms with Crippen molar-refractivity contribution in [2.24, 2.45) is 0 Å². The van der Waals surface area contributed by atoms with Crippen LogP contribution in [0.15, 0.2) is 66.8 Å². The fourth-order valence-corrected chi connectivity index (χ4v) is 4.96. The van der Waals surface area contributed by atoms with Crippen molar-refractivity contribution in [1.82, 2.24) is 4.57 Å². The molecule has 0 spiro atoms. The zero-order valence-electron chi connectivity index (χ0n) is 16.3. The van der Waals surface area contributed by atoms with Gasteiger partial charge in [0.15, 0.2) is 0 Å². The van der Waals surface area contributed by atoms with Crippen molar-refractivity contribution in [2.45, 2.75) is 19.0 Å². The molecule has 0 saturated carbocycles. The number of hydrogen-bond donors (Lipinski definition) is 2. The minimum absolute atomic E-state index is 0.0151. The van der Waals surface area contributed by atoms with E-state index in [4.69, 9.17) is 0 Å². The summed E-state index contributed by atoms with van der Waals surface area (Å²) < 4.78 is 2.28. The van der Waals surface area contributed by atoms with Crippen LogP contribution >= 0.6 is 0 Å².